The molecule has 1 saturated heterocycles. The van der Waals surface area contributed by atoms with Gasteiger partial charge in [0.2, 0.25) is 0 Å². The molecular formula is C10H7Cl2F3O. The van der Waals surface area contributed by atoms with E-state index >= 15 is 0 Å². The summed E-state index contributed by atoms with van der Waals surface area (Å²) in [4.78, 5) is 0. The first-order valence-electron chi connectivity index (χ1n) is 4.54. The quantitative estimate of drug-likeness (QED) is 0.727. The number of halogens is 5. The van der Waals surface area contributed by atoms with Crippen LogP contribution < -0.4 is 0 Å². The summed E-state index contributed by atoms with van der Waals surface area (Å²) in [6.45, 7) is 0. The molecule has 1 nitrogen and oxygen atoms in total. The van der Waals surface area contributed by atoms with Crippen molar-refractivity contribution in [1.29, 1.82) is 0 Å². The standard InChI is InChI=1S/C10H7Cl2F3O/c11-5-1-2-6(7(12)3-5)9-8(16-9)4-10(13,14)15/h1-3,8-9H,4H2/t8-,9-/m1/s1. The highest BCUT2D eigenvalue weighted by atomic mass is 35.5. The van der Waals surface area contributed by atoms with E-state index in [1.54, 1.807) is 12.1 Å². The molecule has 0 amide bonds. The Morgan fingerprint density at radius 1 is 1.25 bits per heavy atom. The Kier molecular flexibility index (Phi) is 3.07. The van der Waals surface area contributed by atoms with Crippen LogP contribution in [-0.4, -0.2) is 12.3 Å². The summed E-state index contributed by atoms with van der Waals surface area (Å²) in [5.41, 5.74) is 0.556. The lowest BCUT2D eigenvalue weighted by molar-refractivity contribution is -0.137. The van der Waals surface area contributed by atoms with Crippen molar-refractivity contribution < 1.29 is 17.9 Å². The Morgan fingerprint density at radius 3 is 2.50 bits per heavy atom. The summed E-state index contributed by atoms with van der Waals surface area (Å²) in [6, 6.07) is 4.66. The fourth-order valence-corrected chi connectivity index (χ4v) is 2.05. The fourth-order valence-electron chi connectivity index (χ4n) is 1.53. The maximum atomic E-state index is 12.1. The van der Waals surface area contributed by atoms with Crippen molar-refractivity contribution in [2.45, 2.75) is 24.8 Å². The van der Waals surface area contributed by atoms with E-state index in [2.05, 4.69) is 0 Å². The molecule has 0 aliphatic carbocycles. The molecule has 1 aromatic carbocycles. The van der Waals surface area contributed by atoms with Crippen LogP contribution in [0.2, 0.25) is 10.0 Å². The molecule has 1 aliphatic rings. The van der Waals surface area contributed by atoms with Crippen LogP contribution in [0, 0.1) is 0 Å². The minimum Gasteiger partial charge on any atom is -0.364 e. The van der Waals surface area contributed by atoms with Gasteiger partial charge in [-0.1, -0.05) is 29.3 Å². The highest BCUT2D eigenvalue weighted by Gasteiger charge is 2.48. The van der Waals surface area contributed by atoms with Gasteiger partial charge in [-0.05, 0) is 12.1 Å². The van der Waals surface area contributed by atoms with Gasteiger partial charge >= 0.3 is 6.18 Å². The van der Waals surface area contributed by atoms with Crippen molar-refractivity contribution >= 4 is 23.2 Å². The van der Waals surface area contributed by atoms with Gasteiger partial charge < -0.3 is 4.74 Å². The zero-order chi connectivity index (χ0) is 11.9. The lowest BCUT2D eigenvalue weighted by Gasteiger charge is -2.03. The van der Waals surface area contributed by atoms with Gasteiger partial charge in [0.1, 0.15) is 6.10 Å². The Bertz CT molecular complexity index is 406. The summed E-state index contributed by atoms with van der Waals surface area (Å²) >= 11 is 11.5. The highest BCUT2D eigenvalue weighted by Crippen LogP contribution is 2.46. The minimum atomic E-state index is -4.21. The second-order valence-corrected chi connectivity index (χ2v) is 4.42. The molecule has 16 heavy (non-hydrogen) atoms. The molecule has 0 radical (unpaired) electrons. The number of rotatable bonds is 2. The average Bonchev–Trinajstić information content (AvgIpc) is 2.80. The molecule has 88 valence electrons. The molecule has 0 aromatic heterocycles. The van der Waals surface area contributed by atoms with Gasteiger partial charge in [-0.3, -0.25) is 0 Å². The van der Waals surface area contributed by atoms with Gasteiger partial charge in [0, 0.05) is 15.6 Å². The molecule has 6 heteroatoms. The number of ether oxygens (including phenoxy) is 1. The summed E-state index contributed by atoms with van der Waals surface area (Å²) in [7, 11) is 0. The summed E-state index contributed by atoms with van der Waals surface area (Å²) in [6.07, 6.45) is -6.54. The molecule has 0 unspecified atom stereocenters. The zero-order valence-corrected chi connectivity index (χ0v) is 9.40. The smallest absolute Gasteiger partial charge is 0.364 e. The van der Waals surface area contributed by atoms with Gasteiger partial charge in [0.05, 0.1) is 12.5 Å². The number of benzene rings is 1. The molecule has 1 heterocycles. The van der Waals surface area contributed by atoms with Gasteiger partial charge in [0.15, 0.2) is 0 Å². The third kappa shape index (κ3) is 2.81. The Morgan fingerprint density at radius 2 is 1.94 bits per heavy atom. The molecular weight excluding hydrogens is 264 g/mol. The second-order valence-electron chi connectivity index (χ2n) is 3.58. The van der Waals surface area contributed by atoms with Crippen molar-refractivity contribution in [2.24, 2.45) is 0 Å². The number of epoxide rings is 1. The highest BCUT2D eigenvalue weighted by molar-refractivity contribution is 6.35. The fraction of sp³-hybridized carbons (Fsp3) is 0.400. The van der Waals surface area contributed by atoms with Gasteiger partial charge in [-0.15, -0.1) is 0 Å². The molecule has 0 N–H and O–H groups in total. The van der Waals surface area contributed by atoms with E-state index in [1.165, 1.54) is 6.07 Å². The average molecular weight is 271 g/mol. The van der Waals surface area contributed by atoms with Crippen LogP contribution in [0.4, 0.5) is 13.2 Å². The maximum Gasteiger partial charge on any atom is 0.391 e. The SMILES string of the molecule is FC(F)(F)C[C@H]1O[C@@H]1c1ccc(Cl)cc1Cl. The predicted molar refractivity (Wildman–Crippen MR) is 54.7 cm³/mol. The van der Waals surface area contributed by atoms with Crippen LogP contribution >= 0.6 is 23.2 Å². The van der Waals surface area contributed by atoms with Crippen LogP contribution in [0.3, 0.4) is 0 Å². The molecule has 2 atom stereocenters. The van der Waals surface area contributed by atoms with Crippen LogP contribution in [0.5, 0.6) is 0 Å². The molecule has 1 aromatic rings. The van der Waals surface area contributed by atoms with Crippen molar-refractivity contribution in [3.63, 3.8) is 0 Å². The van der Waals surface area contributed by atoms with Crippen LogP contribution in [0.15, 0.2) is 18.2 Å². The Hall–Kier alpha value is -0.450. The van der Waals surface area contributed by atoms with Crippen LogP contribution in [0.25, 0.3) is 0 Å². The first kappa shape index (κ1) is 12.0. The van der Waals surface area contributed by atoms with E-state index in [4.69, 9.17) is 27.9 Å². The van der Waals surface area contributed by atoms with E-state index in [0.717, 1.165) is 0 Å². The van der Waals surface area contributed by atoms with Gasteiger partial charge in [-0.25, -0.2) is 0 Å². The van der Waals surface area contributed by atoms with Crippen molar-refractivity contribution in [1.82, 2.24) is 0 Å². The number of hydrogen-bond donors (Lipinski definition) is 0. The minimum absolute atomic E-state index is 0.335. The molecule has 1 aliphatic heterocycles. The summed E-state index contributed by atoms with van der Waals surface area (Å²) < 4.78 is 41.2. The molecule has 2 rings (SSSR count). The van der Waals surface area contributed by atoms with E-state index in [0.29, 0.717) is 15.6 Å². The zero-order valence-electron chi connectivity index (χ0n) is 7.89. The second kappa shape index (κ2) is 4.09. The van der Waals surface area contributed by atoms with Crippen molar-refractivity contribution in [3.8, 4) is 0 Å². The maximum absolute atomic E-state index is 12.1. The lowest BCUT2D eigenvalue weighted by Crippen LogP contribution is -2.11. The summed E-state index contributed by atoms with van der Waals surface area (Å²) in [5, 5.41) is 0.781. The third-order valence-electron chi connectivity index (χ3n) is 2.28. The topological polar surface area (TPSA) is 12.5 Å². The largest absolute Gasteiger partial charge is 0.391 e. The number of hydrogen-bond acceptors (Lipinski definition) is 1. The predicted octanol–water partition coefficient (Wildman–Crippen LogP) is 4.39. The van der Waals surface area contributed by atoms with E-state index in [-0.39, 0.29) is 0 Å². The van der Waals surface area contributed by atoms with Crippen molar-refractivity contribution in [2.75, 3.05) is 0 Å². The molecule has 0 spiro atoms. The van der Waals surface area contributed by atoms with Crippen molar-refractivity contribution in [3.05, 3.63) is 33.8 Å². The van der Waals surface area contributed by atoms with Crippen LogP contribution in [0.1, 0.15) is 18.1 Å². The third-order valence-corrected chi connectivity index (χ3v) is 2.85. The summed E-state index contributed by atoms with van der Waals surface area (Å²) in [5.74, 6) is 0. The lowest BCUT2D eigenvalue weighted by atomic mass is 10.1. The molecule has 0 saturated carbocycles. The first-order valence-corrected chi connectivity index (χ1v) is 5.29. The normalized spacial score (nSPS) is 24.6. The van der Waals surface area contributed by atoms with Gasteiger partial charge in [-0.2, -0.15) is 13.2 Å². The molecule has 0 bridgehead atoms. The van der Waals surface area contributed by atoms with Gasteiger partial charge in [0.25, 0.3) is 0 Å². The van der Waals surface area contributed by atoms with E-state index in [9.17, 15) is 13.2 Å². The molecule has 1 fully saturated rings. The Labute approximate surface area is 100 Å². The Balaban J connectivity index is 2.06. The van der Waals surface area contributed by atoms with Crippen LogP contribution in [-0.2, 0) is 4.74 Å². The number of alkyl halides is 3. The monoisotopic (exact) mass is 270 g/mol. The van der Waals surface area contributed by atoms with E-state index in [1.807, 2.05) is 0 Å². The van der Waals surface area contributed by atoms with E-state index < -0.39 is 24.8 Å². The first-order chi connectivity index (χ1) is 7.37.